The van der Waals surface area contributed by atoms with Crippen LogP contribution in [0.4, 0.5) is 0 Å². The van der Waals surface area contributed by atoms with Gasteiger partial charge in [0.25, 0.3) is 0 Å². The van der Waals surface area contributed by atoms with E-state index in [1.807, 2.05) is 0 Å². The first-order valence-electron chi connectivity index (χ1n) is 10.4. The summed E-state index contributed by atoms with van der Waals surface area (Å²) in [6.45, 7) is 20.4. The van der Waals surface area contributed by atoms with Crippen molar-refractivity contribution in [1.82, 2.24) is 0 Å². The minimum Gasteiger partial charge on any atom is -0.294 e. The van der Waals surface area contributed by atoms with Crippen LogP contribution in [-0.4, -0.2) is 5.78 Å². The molecule has 0 amide bonds. The maximum atomic E-state index is 13.4. The van der Waals surface area contributed by atoms with Crippen molar-refractivity contribution in [2.24, 2.45) is 16.7 Å². The fraction of sp³-hybridized carbons (Fsp3) is 0.640. The zero-order valence-electron chi connectivity index (χ0n) is 18.3. The van der Waals surface area contributed by atoms with Gasteiger partial charge in [0.15, 0.2) is 5.78 Å². The molecule has 2 atom stereocenters. The Labute approximate surface area is 160 Å². The highest BCUT2D eigenvalue weighted by Crippen LogP contribution is 2.67. The van der Waals surface area contributed by atoms with Gasteiger partial charge in [-0.25, -0.2) is 0 Å². The molecule has 0 N–H and O–H groups in total. The summed E-state index contributed by atoms with van der Waals surface area (Å²) in [6.07, 6.45) is 5.48. The largest absolute Gasteiger partial charge is 0.294 e. The van der Waals surface area contributed by atoms with Crippen molar-refractivity contribution in [3.05, 3.63) is 39.0 Å². The van der Waals surface area contributed by atoms with Gasteiger partial charge in [0.1, 0.15) is 0 Å². The van der Waals surface area contributed by atoms with Crippen molar-refractivity contribution >= 4 is 11.9 Å². The molecule has 1 aromatic rings. The Morgan fingerprint density at radius 2 is 1.58 bits per heavy atom. The lowest BCUT2D eigenvalue weighted by atomic mass is 9.67. The molecule has 0 spiro atoms. The standard InChI is InChI=1S/C25H36O/c1-10-25-12-11-21(24(25,8)9)20(23(25)26)13-19-15(4)17(6)22(14(2)3)18(7)16(19)5/h13-14,21H,10-12H2,1-9H3/b20-13-. The zero-order valence-corrected chi connectivity index (χ0v) is 18.3. The van der Waals surface area contributed by atoms with Crippen molar-refractivity contribution in [3.8, 4) is 0 Å². The van der Waals surface area contributed by atoms with Gasteiger partial charge in [-0.05, 0) is 109 Å². The van der Waals surface area contributed by atoms with Crippen LogP contribution < -0.4 is 0 Å². The van der Waals surface area contributed by atoms with Crippen LogP contribution in [0.5, 0.6) is 0 Å². The normalized spacial score (nSPS) is 28.6. The Balaban J connectivity index is 2.21. The molecule has 2 saturated carbocycles. The summed E-state index contributed by atoms with van der Waals surface area (Å²) < 4.78 is 0. The van der Waals surface area contributed by atoms with E-state index in [2.05, 4.69) is 68.4 Å². The van der Waals surface area contributed by atoms with E-state index in [4.69, 9.17) is 0 Å². The topological polar surface area (TPSA) is 17.1 Å². The molecule has 2 unspecified atom stereocenters. The SMILES string of the molecule is CCC12CCC(/C(=C/c3c(C)c(C)c(C(C)C)c(C)c3C)C1=O)C2(C)C. The molecule has 2 fully saturated rings. The molecule has 1 aromatic carbocycles. The van der Waals surface area contributed by atoms with Crippen LogP contribution in [0.2, 0.25) is 0 Å². The fourth-order valence-corrected chi connectivity index (χ4v) is 6.36. The van der Waals surface area contributed by atoms with Gasteiger partial charge in [0.2, 0.25) is 0 Å². The highest BCUT2D eigenvalue weighted by atomic mass is 16.1. The van der Waals surface area contributed by atoms with Gasteiger partial charge in [-0.15, -0.1) is 0 Å². The molecular formula is C25H36O. The second-order valence-electron chi connectivity index (χ2n) is 9.66. The number of Topliss-reactive ketones (excluding diaryl/α,β-unsaturated/α-hetero) is 1. The third-order valence-electron chi connectivity index (χ3n) is 8.26. The summed E-state index contributed by atoms with van der Waals surface area (Å²) >= 11 is 0. The van der Waals surface area contributed by atoms with Crippen LogP contribution >= 0.6 is 0 Å². The Kier molecular flexibility index (Phi) is 4.53. The summed E-state index contributed by atoms with van der Waals surface area (Å²) in [5.41, 5.74) is 9.33. The monoisotopic (exact) mass is 352 g/mol. The van der Waals surface area contributed by atoms with E-state index in [0.717, 1.165) is 18.4 Å². The Hall–Kier alpha value is -1.37. The lowest BCUT2D eigenvalue weighted by molar-refractivity contribution is -0.126. The predicted molar refractivity (Wildman–Crippen MR) is 112 cm³/mol. The van der Waals surface area contributed by atoms with Gasteiger partial charge in [-0.1, -0.05) is 34.6 Å². The molecule has 142 valence electrons. The third-order valence-corrected chi connectivity index (χ3v) is 8.26. The number of rotatable bonds is 3. The third kappa shape index (κ3) is 2.25. The molecule has 2 aliphatic rings. The fourth-order valence-electron chi connectivity index (χ4n) is 6.36. The molecule has 0 saturated heterocycles. The molecule has 26 heavy (non-hydrogen) atoms. The first kappa shape index (κ1) is 19.4. The zero-order chi connectivity index (χ0) is 19.6. The Morgan fingerprint density at radius 1 is 1.04 bits per heavy atom. The number of ketones is 1. The molecule has 2 bridgehead atoms. The lowest BCUT2D eigenvalue weighted by Crippen LogP contribution is -2.35. The van der Waals surface area contributed by atoms with Crippen molar-refractivity contribution in [2.45, 2.75) is 87.5 Å². The number of hydrogen-bond donors (Lipinski definition) is 0. The average Bonchev–Trinajstić information content (AvgIpc) is 2.91. The van der Waals surface area contributed by atoms with Gasteiger partial charge >= 0.3 is 0 Å². The first-order valence-corrected chi connectivity index (χ1v) is 10.4. The molecule has 1 nitrogen and oxygen atoms in total. The van der Waals surface area contributed by atoms with E-state index < -0.39 is 0 Å². The van der Waals surface area contributed by atoms with Crippen LogP contribution in [0, 0.1) is 44.4 Å². The number of hydrogen-bond acceptors (Lipinski definition) is 1. The van der Waals surface area contributed by atoms with Gasteiger partial charge in [0.05, 0.1) is 0 Å². The van der Waals surface area contributed by atoms with Crippen molar-refractivity contribution < 1.29 is 4.79 Å². The quantitative estimate of drug-likeness (QED) is 0.544. The minimum atomic E-state index is -0.132. The summed E-state index contributed by atoms with van der Waals surface area (Å²) in [6, 6.07) is 0. The molecule has 1 heteroatoms. The molecule has 2 aliphatic carbocycles. The van der Waals surface area contributed by atoms with Crippen LogP contribution in [0.25, 0.3) is 6.08 Å². The number of benzene rings is 1. The predicted octanol–water partition coefficient (Wildman–Crippen LogP) is 6.84. The molecule has 3 rings (SSSR count). The Bertz CT molecular complexity index is 777. The number of carbonyl (C=O) groups is 1. The second-order valence-corrected chi connectivity index (χ2v) is 9.66. The lowest BCUT2D eigenvalue weighted by Gasteiger charge is -2.34. The number of fused-ring (bicyclic) bond motifs is 2. The summed E-state index contributed by atoms with van der Waals surface area (Å²) in [7, 11) is 0. The maximum absolute atomic E-state index is 13.4. The minimum absolute atomic E-state index is 0.0917. The first-order chi connectivity index (χ1) is 12.0. The molecule has 0 radical (unpaired) electrons. The van der Waals surface area contributed by atoms with E-state index in [1.165, 1.54) is 39.8 Å². The van der Waals surface area contributed by atoms with Crippen LogP contribution in [0.1, 0.15) is 93.2 Å². The smallest absolute Gasteiger partial charge is 0.165 e. The number of carbonyl (C=O) groups excluding carboxylic acids is 1. The van der Waals surface area contributed by atoms with Crippen molar-refractivity contribution in [1.29, 1.82) is 0 Å². The van der Waals surface area contributed by atoms with Crippen LogP contribution in [0.15, 0.2) is 5.57 Å². The van der Waals surface area contributed by atoms with Crippen LogP contribution in [-0.2, 0) is 4.79 Å². The molecule has 0 aliphatic heterocycles. The highest BCUT2D eigenvalue weighted by molar-refractivity contribution is 6.08. The van der Waals surface area contributed by atoms with E-state index in [9.17, 15) is 4.79 Å². The van der Waals surface area contributed by atoms with Crippen LogP contribution in [0.3, 0.4) is 0 Å². The second kappa shape index (κ2) is 6.08. The van der Waals surface area contributed by atoms with Crippen molar-refractivity contribution in [2.75, 3.05) is 0 Å². The van der Waals surface area contributed by atoms with E-state index in [0.29, 0.717) is 17.6 Å². The molecule has 0 aromatic heterocycles. The van der Waals surface area contributed by atoms with Gasteiger partial charge in [-0.2, -0.15) is 0 Å². The average molecular weight is 353 g/mol. The highest BCUT2D eigenvalue weighted by Gasteiger charge is 2.65. The van der Waals surface area contributed by atoms with Gasteiger partial charge in [-0.3, -0.25) is 4.79 Å². The summed E-state index contributed by atoms with van der Waals surface area (Å²) in [5.74, 6) is 1.38. The maximum Gasteiger partial charge on any atom is 0.165 e. The van der Waals surface area contributed by atoms with Crippen molar-refractivity contribution in [3.63, 3.8) is 0 Å². The Morgan fingerprint density at radius 3 is 2.00 bits per heavy atom. The molecule has 0 heterocycles. The molecular weight excluding hydrogens is 316 g/mol. The van der Waals surface area contributed by atoms with E-state index >= 15 is 0 Å². The summed E-state index contributed by atoms with van der Waals surface area (Å²) in [5, 5.41) is 0. The van der Waals surface area contributed by atoms with Gasteiger partial charge in [0, 0.05) is 5.41 Å². The van der Waals surface area contributed by atoms with E-state index in [-0.39, 0.29) is 10.8 Å². The summed E-state index contributed by atoms with van der Waals surface area (Å²) in [4.78, 5) is 13.4. The van der Waals surface area contributed by atoms with E-state index in [1.54, 1.807) is 0 Å². The van der Waals surface area contributed by atoms with Gasteiger partial charge < -0.3 is 0 Å². The number of allylic oxidation sites excluding steroid dienone is 1.